The number of hydrogen-bond donors (Lipinski definition) is 0. The topological polar surface area (TPSA) is 72.3 Å². The van der Waals surface area contributed by atoms with Gasteiger partial charge in [0, 0.05) is 0 Å². The molecule has 0 bridgehead atoms. The molecule has 1 aromatic rings. The van der Waals surface area contributed by atoms with Crippen LogP contribution in [0.5, 0.6) is 5.75 Å². The number of nitrogens with zero attached hydrogens (tertiary/aromatic N) is 1. The van der Waals surface area contributed by atoms with Gasteiger partial charge in [-0.05, 0) is 12.1 Å². The summed E-state index contributed by atoms with van der Waals surface area (Å²) in [5.41, 5.74) is 0.0509. The molecule has 0 heterocycles. The third-order valence-electron chi connectivity index (χ3n) is 1.60. The molecule has 0 saturated carbocycles. The van der Waals surface area contributed by atoms with Gasteiger partial charge in [0.1, 0.15) is 5.75 Å². The minimum atomic E-state index is -1.98. The van der Waals surface area contributed by atoms with E-state index in [0.29, 0.717) is 0 Å². The molecule has 1 aromatic carbocycles. The first kappa shape index (κ1) is 9.47. The molecule has 1 atom stereocenters. The van der Waals surface area contributed by atoms with Crippen LogP contribution >= 0.6 is 0 Å². The number of nitro groups is 1. The zero-order chi connectivity index (χ0) is 9.84. The van der Waals surface area contributed by atoms with E-state index in [1.165, 1.54) is 19.2 Å². The van der Waals surface area contributed by atoms with Crippen LogP contribution in [0.2, 0.25) is 0 Å². The summed E-state index contributed by atoms with van der Waals surface area (Å²) >= 11 is 0. The highest BCUT2D eigenvalue weighted by Gasteiger charge is 2.24. The Hall–Kier alpha value is -1.62. The van der Waals surface area contributed by atoms with Crippen molar-refractivity contribution < 1.29 is 14.8 Å². The summed E-state index contributed by atoms with van der Waals surface area (Å²) in [5, 5.41) is 21.2. The van der Waals surface area contributed by atoms with E-state index >= 15 is 0 Å². The number of para-hydroxylation sites is 1. The second-order valence-electron chi connectivity index (χ2n) is 2.38. The van der Waals surface area contributed by atoms with Crippen molar-refractivity contribution in [3.05, 3.63) is 39.9 Å². The van der Waals surface area contributed by atoms with Crippen LogP contribution in [-0.4, -0.2) is 12.0 Å². The van der Waals surface area contributed by atoms with Gasteiger partial charge >= 0.3 is 6.23 Å². The van der Waals surface area contributed by atoms with Crippen LogP contribution in [-0.2, 0) is 5.11 Å². The Balaban J connectivity index is 3.05. The average molecular weight is 182 g/mol. The number of benzene rings is 1. The van der Waals surface area contributed by atoms with E-state index in [4.69, 9.17) is 4.74 Å². The Morgan fingerprint density at radius 3 is 2.62 bits per heavy atom. The Morgan fingerprint density at radius 1 is 1.46 bits per heavy atom. The smallest absolute Gasteiger partial charge is 0.371 e. The summed E-state index contributed by atoms with van der Waals surface area (Å²) in [6, 6.07) is 6.12. The fourth-order valence-electron chi connectivity index (χ4n) is 0.984. The van der Waals surface area contributed by atoms with E-state index in [0.717, 1.165) is 0 Å². The van der Waals surface area contributed by atoms with Gasteiger partial charge in [0.25, 0.3) is 0 Å². The molecule has 69 valence electrons. The van der Waals surface area contributed by atoms with Crippen LogP contribution in [0, 0.1) is 10.1 Å². The lowest BCUT2D eigenvalue weighted by Gasteiger charge is -2.06. The van der Waals surface area contributed by atoms with Gasteiger partial charge in [0.2, 0.25) is 0 Å². The highest BCUT2D eigenvalue weighted by Crippen LogP contribution is 2.24. The maximum atomic E-state index is 11.0. The lowest BCUT2D eigenvalue weighted by molar-refractivity contribution is -0.589. The molecule has 1 unspecified atom stereocenters. The van der Waals surface area contributed by atoms with Crippen LogP contribution in [0.4, 0.5) is 0 Å². The zero-order valence-corrected chi connectivity index (χ0v) is 6.97. The second-order valence-corrected chi connectivity index (χ2v) is 2.38. The Kier molecular flexibility index (Phi) is 2.81. The Bertz CT molecular complexity index is 313. The molecule has 13 heavy (non-hydrogen) atoms. The van der Waals surface area contributed by atoms with E-state index < -0.39 is 11.2 Å². The van der Waals surface area contributed by atoms with E-state index in [1.54, 1.807) is 12.1 Å². The van der Waals surface area contributed by atoms with Crippen molar-refractivity contribution in [3.8, 4) is 5.75 Å². The summed E-state index contributed by atoms with van der Waals surface area (Å²) in [6.07, 6.45) is -1.98. The predicted octanol–water partition coefficient (Wildman–Crippen LogP) is 1.40. The van der Waals surface area contributed by atoms with Crippen LogP contribution < -0.4 is 4.74 Å². The normalized spacial score (nSPS) is 12.2. The SMILES string of the molecule is COc1ccccc1C([O])[N+](=O)[O-]. The molecule has 1 rings (SSSR count). The van der Waals surface area contributed by atoms with Crippen molar-refractivity contribution in [2.45, 2.75) is 6.23 Å². The Labute approximate surface area is 74.7 Å². The van der Waals surface area contributed by atoms with Crippen molar-refractivity contribution in [2.75, 3.05) is 7.11 Å². The molecule has 0 fully saturated rings. The molecule has 0 N–H and O–H groups in total. The summed E-state index contributed by atoms with van der Waals surface area (Å²) in [7, 11) is 1.37. The first-order valence-corrected chi connectivity index (χ1v) is 3.59. The van der Waals surface area contributed by atoms with Crippen LogP contribution in [0.25, 0.3) is 0 Å². The summed E-state index contributed by atoms with van der Waals surface area (Å²) in [6.45, 7) is 0. The molecular weight excluding hydrogens is 174 g/mol. The third-order valence-corrected chi connectivity index (χ3v) is 1.60. The third kappa shape index (κ3) is 1.94. The molecule has 1 radical (unpaired) electrons. The number of hydrogen-bond acceptors (Lipinski definition) is 3. The van der Waals surface area contributed by atoms with Crippen LogP contribution in [0.1, 0.15) is 11.8 Å². The van der Waals surface area contributed by atoms with Gasteiger partial charge in [-0.25, -0.2) is 0 Å². The molecule has 0 saturated heterocycles. The van der Waals surface area contributed by atoms with Crippen molar-refractivity contribution in [1.82, 2.24) is 0 Å². The lowest BCUT2D eigenvalue weighted by Crippen LogP contribution is -2.08. The van der Waals surface area contributed by atoms with Crippen molar-refractivity contribution in [2.24, 2.45) is 0 Å². The highest BCUT2D eigenvalue weighted by molar-refractivity contribution is 5.33. The molecule has 0 spiro atoms. The van der Waals surface area contributed by atoms with E-state index in [9.17, 15) is 15.2 Å². The van der Waals surface area contributed by atoms with Gasteiger partial charge in [0.15, 0.2) is 0 Å². The maximum absolute atomic E-state index is 11.0. The number of methoxy groups -OCH3 is 1. The van der Waals surface area contributed by atoms with Crippen molar-refractivity contribution in [3.63, 3.8) is 0 Å². The fourth-order valence-corrected chi connectivity index (χ4v) is 0.984. The van der Waals surface area contributed by atoms with E-state index in [1.807, 2.05) is 0 Å². The van der Waals surface area contributed by atoms with Gasteiger partial charge < -0.3 is 4.74 Å². The predicted molar refractivity (Wildman–Crippen MR) is 43.4 cm³/mol. The summed E-state index contributed by atoms with van der Waals surface area (Å²) in [5.74, 6) is 0.249. The monoisotopic (exact) mass is 182 g/mol. The van der Waals surface area contributed by atoms with Gasteiger partial charge in [-0.3, -0.25) is 10.1 Å². The largest absolute Gasteiger partial charge is 0.496 e. The van der Waals surface area contributed by atoms with Gasteiger partial charge in [-0.2, -0.15) is 0 Å². The van der Waals surface area contributed by atoms with Gasteiger partial charge in [-0.1, -0.05) is 12.1 Å². The number of rotatable bonds is 3. The second kappa shape index (κ2) is 3.86. The maximum Gasteiger partial charge on any atom is 0.371 e. The first-order chi connectivity index (χ1) is 6.16. The van der Waals surface area contributed by atoms with Crippen LogP contribution in [0.15, 0.2) is 24.3 Å². The summed E-state index contributed by atoms with van der Waals surface area (Å²) in [4.78, 5) is 9.31. The minimum absolute atomic E-state index is 0.0509. The molecule has 0 amide bonds. The molecule has 0 aliphatic heterocycles. The highest BCUT2D eigenvalue weighted by atomic mass is 16.7. The molecule has 0 aliphatic rings. The quantitative estimate of drug-likeness (QED) is 0.403. The van der Waals surface area contributed by atoms with Gasteiger partial charge in [-0.15, -0.1) is 5.11 Å². The Morgan fingerprint density at radius 2 is 2.08 bits per heavy atom. The molecule has 5 heteroatoms. The van der Waals surface area contributed by atoms with E-state index in [2.05, 4.69) is 0 Å². The first-order valence-electron chi connectivity index (χ1n) is 3.59. The number of ether oxygens (including phenoxy) is 1. The van der Waals surface area contributed by atoms with Crippen molar-refractivity contribution >= 4 is 0 Å². The standard InChI is InChI=1S/C8H8NO4/c1-13-7-5-3-2-4-6(7)8(10)9(11)12/h2-5,8H,1H3. The fraction of sp³-hybridized carbons (Fsp3) is 0.250. The lowest BCUT2D eigenvalue weighted by atomic mass is 10.2. The average Bonchev–Trinajstić information content (AvgIpc) is 2.16. The van der Waals surface area contributed by atoms with Crippen LogP contribution in [0.3, 0.4) is 0 Å². The molecule has 5 nitrogen and oxygen atoms in total. The minimum Gasteiger partial charge on any atom is -0.496 e. The zero-order valence-electron chi connectivity index (χ0n) is 6.97. The summed E-state index contributed by atoms with van der Waals surface area (Å²) < 4.78 is 4.81. The van der Waals surface area contributed by atoms with E-state index in [-0.39, 0.29) is 11.3 Å². The molecule has 0 aliphatic carbocycles. The van der Waals surface area contributed by atoms with Gasteiger partial charge in [0.05, 0.1) is 17.6 Å². The van der Waals surface area contributed by atoms with Crippen molar-refractivity contribution in [1.29, 1.82) is 0 Å². The molecular formula is C8H8NO4. The molecule has 0 aromatic heterocycles.